The Labute approximate surface area is 189 Å². The third-order valence-corrected chi connectivity index (χ3v) is 4.48. The van der Waals surface area contributed by atoms with Gasteiger partial charge in [0.05, 0.1) is 0 Å². The largest absolute Gasteiger partial charge is 0.508 e. The lowest BCUT2D eigenvalue weighted by Gasteiger charge is -2.23. The minimum Gasteiger partial charge on any atom is -0.508 e. The van der Waals surface area contributed by atoms with E-state index in [2.05, 4.69) is 0 Å². The van der Waals surface area contributed by atoms with Crippen molar-refractivity contribution in [2.45, 2.75) is 68.2 Å². The highest BCUT2D eigenvalue weighted by molar-refractivity contribution is 5.57. The molecule has 0 aliphatic heterocycles. The zero-order valence-electron chi connectivity index (χ0n) is 20.6. The van der Waals surface area contributed by atoms with Crippen molar-refractivity contribution in [3.63, 3.8) is 0 Å². The predicted molar refractivity (Wildman–Crippen MR) is 134 cm³/mol. The molecule has 3 heteroatoms. The standard InChI is InChI=1S/C22H22O3.3C2H6/c1-13-4-7-19(23)16(10-13)22(17-11-14(2)5-8-20(17)24)18-12-15(3)6-9-21(18)25;3*1-2/h4-12,22-25H,1-3H3;3*1-2H3. The summed E-state index contributed by atoms with van der Waals surface area (Å²) in [6.07, 6.45) is 0. The monoisotopic (exact) mass is 424 g/mol. The quantitative estimate of drug-likeness (QED) is 0.373. The molecule has 0 radical (unpaired) electrons. The lowest BCUT2D eigenvalue weighted by Crippen LogP contribution is -2.06. The van der Waals surface area contributed by atoms with Crippen LogP contribution in [0.4, 0.5) is 0 Å². The first-order chi connectivity index (χ1) is 14.9. The summed E-state index contributed by atoms with van der Waals surface area (Å²) in [5.74, 6) is -0.0630. The van der Waals surface area contributed by atoms with Crippen LogP contribution in [0.25, 0.3) is 0 Å². The fraction of sp³-hybridized carbons (Fsp3) is 0.357. The van der Waals surface area contributed by atoms with E-state index in [1.807, 2.05) is 98.7 Å². The van der Waals surface area contributed by atoms with Crippen LogP contribution >= 0.6 is 0 Å². The first-order valence-electron chi connectivity index (χ1n) is 11.3. The number of aryl methyl sites for hydroxylation is 3. The molecule has 0 saturated heterocycles. The molecule has 0 unspecified atom stereocenters. The normalized spacial score (nSPS) is 9.48. The van der Waals surface area contributed by atoms with Crippen LogP contribution in [-0.2, 0) is 0 Å². The third-order valence-electron chi connectivity index (χ3n) is 4.48. The molecule has 3 rings (SSSR count). The summed E-state index contributed by atoms with van der Waals surface area (Å²) in [5.41, 5.74) is 4.96. The number of phenolic OH excluding ortho intramolecular Hbond substituents is 3. The summed E-state index contributed by atoms with van der Waals surface area (Å²) < 4.78 is 0. The third kappa shape index (κ3) is 7.36. The summed E-state index contributed by atoms with van der Waals surface area (Å²) in [6, 6.07) is 16.1. The van der Waals surface area contributed by atoms with Crippen molar-refractivity contribution in [1.82, 2.24) is 0 Å². The maximum atomic E-state index is 10.5. The highest BCUT2D eigenvalue weighted by Crippen LogP contribution is 2.44. The Morgan fingerprint density at radius 3 is 0.903 bits per heavy atom. The molecule has 0 heterocycles. The van der Waals surface area contributed by atoms with Crippen molar-refractivity contribution in [3.05, 3.63) is 88.0 Å². The van der Waals surface area contributed by atoms with Crippen LogP contribution in [0.3, 0.4) is 0 Å². The maximum Gasteiger partial charge on any atom is 0.119 e. The van der Waals surface area contributed by atoms with Crippen LogP contribution in [0, 0.1) is 20.8 Å². The molecule has 0 amide bonds. The molecule has 31 heavy (non-hydrogen) atoms. The Hall–Kier alpha value is -2.94. The molecule has 3 nitrogen and oxygen atoms in total. The van der Waals surface area contributed by atoms with Gasteiger partial charge in [0.25, 0.3) is 0 Å². The number of benzene rings is 3. The van der Waals surface area contributed by atoms with Crippen molar-refractivity contribution >= 4 is 0 Å². The summed E-state index contributed by atoms with van der Waals surface area (Å²) in [6.45, 7) is 17.9. The number of hydrogen-bond acceptors (Lipinski definition) is 3. The van der Waals surface area contributed by atoms with Crippen LogP contribution < -0.4 is 0 Å². The minimum atomic E-state index is -0.473. The lowest BCUT2D eigenvalue weighted by atomic mass is 9.82. The van der Waals surface area contributed by atoms with Crippen LogP contribution in [0.1, 0.15) is 80.8 Å². The molecule has 0 spiro atoms. The van der Waals surface area contributed by atoms with Crippen LogP contribution in [-0.4, -0.2) is 15.3 Å². The molecular formula is C28H40O3. The van der Waals surface area contributed by atoms with Gasteiger partial charge in [0, 0.05) is 22.6 Å². The SMILES string of the molecule is CC.CC.CC.Cc1ccc(O)c(C(c2cc(C)ccc2O)c2cc(C)ccc2O)c1. The number of phenols is 3. The number of rotatable bonds is 3. The zero-order chi connectivity index (χ0) is 24.1. The molecule has 170 valence electrons. The van der Waals surface area contributed by atoms with E-state index in [9.17, 15) is 15.3 Å². The van der Waals surface area contributed by atoms with Crippen molar-refractivity contribution in [3.8, 4) is 17.2 Å². The average Bonchev–Trinajstić information content (AvgIpc) is 2.79. The van der Waals surface area contributed by atoms with Gasteiger partial charge in [-0.25, -0.2) is 0 Å². The molecule has 0 atom stereocenters. The van der Waals surface area contributed by atoms with Crippen molar-refractivity contribution in [2.75, 3.05) is 0 Å². The van der Waals surface area contributed by atoms with Gasteiger partial charge in [-0.15, -0.1) is 0 Å². The van der Waals surface area contributed by atoms with Gasteiger partial charge in [0.1, 0.15) is 17.2 Å². The highest BCUT2D eigenvalue weighted by Gasteiger charge is 2.25. The second kappa shape index (κ2) is 14.1. The van der Waals surface area contributed by atoms with Gasteiger partial charge in [-0.05, 0) is 39.0 Å². The Bertz CT molecular complexity index is 807. The van der Waals surface area contributed by atoms with Crippen molar-refractivity contribution in [1.29, 1.82) is 0 Å². The first-order valence-corrected chi connectivity index (χ1v) is 11.3. The molecule has 3 aromatic carbocycles. The summed E-state index contributed by atoms with van der Waals surface area (Å²) in [7, 11) is 0. The second-order valence-electron chi connectivity index (χ2n) is 6.62. The average molecular weight is 425 g/mol. The number of hydrogen-bond donors (Lipinski definition) is 3. The zero-order valence-corrected chi connectivity index (χ0v) is 20.6. The fourth-order valence-corrected chi connectivity index (χ4v) is 3.22. The molecular weight excluding hydrogens is 384 g/mol. The van der Waals surface area contributed by atoms with E-state index in [4.69, 9.17) is 0 Å². The van der Waals surface area contributed by atoms with Gasteiger partial charge in [0.2, 0.25) is 0 Å². The van der Waals surface area contributed by atoms with Crippen LogP contribution in [0.2, 0.25) is 0 Å². The van der Waals surface area contributed by atoms with E-state index in [-0.39, 0.29) is 17.2 Å². The minimum absolute atomic E-state index is 0.136. The maximum absolute atomic E-state index is 10.5. The smallest absolute Gasteiger partial charge is 0.119 e. The Morgan fingerprint density at radius 2 is 0.677 bits per heavy atom. The van der Waals surface area contributed by atoms with E-state index >= 15 is 0 Å². The van der Waals surface area contributed by atoms with E-state index in [0.717, 1.165) is 16.7 Å². The van der Waals surface area contributed by atoms with Gasteiger partial charge in [-0.2, -0.15) is 0 Å². The first kappa shape index (κ1) is 28.1. The molecule has 0 fully saturated rings. The molecule has 0 aliphatic rings. The molecule has 0 saturated carbocycles. The van der Waals surface area contributed by atoms with Gasteiger partial charge in [0.15, 0.2) is 0 Å². The molecule has 0 bridgehead atoms. The van der Waals surface area contributed by atoms with Gasteiger partial charge < -0.3 is 15.3 Å². The van der Waals surface area contributed by atoms with Gasteiger partial charge in [-0.1, -0.05) is 94.6 Å². The topological polar surface area (TPSA) is 60.7 Å². The number of aromatic hydroxyl groups is 3. The molecule has 3 N–H and O–H groups in total. The van der Waals surface area contributed by atoms with Crippen molar-refractivity contribution < 1.29 is 15.3 Å². The van der Waals surface area contributed by atoms with E-state index in [0.29, 0.717) is 16.7 Å². The molecule has 0 aliphatic carbocycles. The van der Waals surface area contributed by atoms with Gasteiger partial charge in [-0.3, -0.25) is 0 Å². The van der Waals surface area contributed by atoms with E-state index < -0.39 is 5.92 Å². The molecule has 0 aromatic heterocycles. The van der Waals surface area contributed by atoms with Gasteiger partial charge >= 0.3 is 0 Å². The van der Waals surface area contributed by atoms with E-state index in [1.54, 1.807) is 18.2 Å². The molecule has 3 aromatic rings. The fourth-order valence-electron chi connectivity index (χ4n) is 3.22. The summed E-state index contributed by atoms with van der Waals surface area (Å²) in [5, 5.41) is 31.5. The highest BCUT2D eigenvalue weighted by atomic mass is 16.3. The Morgan fingerprint density at radius 1 is 0.452 bits per heavy atom. The summed E-state index contributed by atoms with van der Waals surface area (Å²) in [4.78, 5) is 0. The van der Waals surface area contributed by atoms with Crippen molar-refractivity contribution in [2.24, 2.45) is 0 Å². The predicted octanol–water partition coefficient (Wildman–Crippen LogP) is 7.99. The van der Waals surface area contributed by atoms with Crippen LogP contribution in [0.15, 0.2) is 54.6 Å². The Balaban J connectivity index is 0.00000138. The van der Waals surface area contributed by atoms with Crippen LogP contribution in [0.5, 0.6) is 17.2 Å². The lowest BCUT2D eigenvalue weighted by molar-refractivity contribution is 0.450. The van der Waals surface area contributed by atoms with E-state index in [1.165, 1.54) is 0 Å². The summed E-state index contributed by atoms with van der Waals surface area (Å²) >= 11 is 0. The second-order valence-corrected chi connectivity index (χ2v) is 6.62. The Kier molecular flexibility index (Phi) is 12.8.